The number of thiazole rings is 1. The maximum Gasteiger partial charge on any atom is 0.0798 e. The molecule has 0 fully saturated rings. The van der Waals surface area contributed by atoms with Crippen LogP contribution in [0.4, 0.5) is 0 Å². The van der Waals surface area contributed by atoms with Gasteiger partial charge < -0.3 is 10.5 Å². The van der Waals surface area contributed by atoms with E-state index in [1.807, 2.05) is 12.4 Å². The van der Waals surface area contributed by atoms with Crippen molar-refractivity contribution in [2.75, 3.05) is 13.7 Å². The second-order valence-electron chi connectivity index (χ2n) is 3.04. The number of hydrogen-bond acceptors (Lipinski definition) is 4. The van der Waals surface area contributed by atoms with Gasteiger partial charge >= 0.3 is 0 Å². The summed E-state index contributed by atoms with van der Waals surface area (Å²) in [6, 6.07) is 0.127. The van der Waals surface area contributed by atoms with E-state index in [2.05, 4.69) is 4.98 Å². The first-order valence-electron chi connectivity index (χ1n) is 4.40. The molecule has 2 N–H and O–H groups in total. The lowest BCUT2D eigenvalue weighted by atomic mass is 10.1. The fourth-order valence-corrected chi connectivity index (χ4v) is 2.09. The number of nitrogens with two attached hydrogens (primary N) is 1. The van der Waals surface area contributed by atoms with Crippen molar-refractivity contribution in [1.82, 2.24) is 4.98 Å². The zero-order valence-corrected chi connectivity index (χ0v) is 8.93. The highest BCUT2D eigenvalue weighted by Crippen LogP contribution is 2.22. The van der Waals surface area contributed by atoms with Gasteiger partial charge in [-0.3, -0.25) is 0 Å². The quantitative estimate of drug-likeness (QED) is 0.738. The topological polar surface area (TPSA) is 48.1 Å². The molecule has 0 aromatic carbocycles. The Labute approximate surface area is 82.9 Å². The van der Waals surface area contributed by atoms with Gasteiger partial charge in [0.2, 0.25) is 0 Å². The van der Waals surface area contributed by atoms with Gasteiger partial charge in [-0.15, -0.1) is 11.3 Å². The summed E-state index contributed by atoms with van der Waals surface area (Å²) in [5.41, 5.74) is 8.91. The van der Waals surface area contributed by atoms with Gasteiger partial charge in [0.1, 0.15) is 0 Å². The SMILES string of the molecule is COCCCC(N)c1scnc1C. The molecule has 0 spiro atoms. The van der Waals surface area contributed by atoms with Crippen LogP contribution in [0.15, 0.2) is 5.51 Å². The number of aryl methyl sites for hydroxylation is 1. The molecule has 3 nitrogen and oxygen atoms in total. The van der Waals surface area contributed by atoms with Crippen molar-refractivity contribution >= 4 is 11.3 Å². The minimum atomic E-state index is 0.127. The maximum absolute atomic E-state index is 6.00. The monoisotopic (exact) mass is 200 g/mol. The molecule has 1 aromatic heterocycles. The highest BCUT2D eigenvalue weighted by atomic mass is 32.1. The van der Waals surface area contributed by atoms with Crippen LogP contribution in [0, 0.1) is 6.92 Å². The molecule has 74 valence electrons. The first kappa shape index (κ1) is 10.6. The second kappa shape index (κ2) is 5.32. The molecule has 0 saturated carbocycles. The van der Waals surface area contributed by atoms with Crippen LogP contribution in [0.25, 0.3) is 0 Å². The average molecular weight is 200 g/mol. The van der Waals surface area contributed by atoms with E-state index in [0.717, 1.165) is 25.1 Å². The van der Waals surface area contributed by atoms with Gasteiger partial charge in [-0.05, 0) is 19.8 Å². The molecule has 0 radical (unpaired) electrons. The van der Waals surface area contributed by atoms with Gasteiger partial charge in [0.05, 0.1) is 11.2 Å². The molecule has 13 heavy (non-hydrogen) atoms. The van der Waals surface area contributed by atoms with Crippen molar-refractivity contribution in [3.63, 3.8) is 0 Å². The zero-order chi connectivity index (χ0) is 9.68. The number of aromatic nitrogens is 1. The Hall–Kier alpha value is -0.450. The predicted octanol–water partition coefficient (Wildman–Crippen LogP) is 1.88. The fourth-order valence-electron chi connectivity index (χ4n) is 1.25. The van der Waals surface area contributed by atoms with Gasteiger partial charge in [-0.25, -0.2) is 4.98 Å². The standard InChI is InChI=1S/C9H16N2OS/c1-7-9(13-6-11-7)8(10)4-3-5-12-2/h6,8H,3-5,10H2,1-2H3. The number of ether oxygens (including phenoxy) is 1. The smallest absolute Gasteiger partial charge is 0.0798 e. The molecule has 0 bridgehead atoms. The molecule has 0 saturated heterocycles. The first-order valence-corrected chi connectivity index (χ1v) is 5.28. The Morgan fingerprint density at radius 1 is 1.69 bits per heavy atom. The molecular weight excluding hydrogens is 184 g/mol. The number of methoxy groups -OCH3 is 1. The van der Waals surface area contributed by atoms with Gasteiger partial charge in [-0.2, -0.15) is 0 Å². The lowest BCUT2D eigenvalue weighted by Crippen LogP contribution is -2.10. The van der Waals surface area contributed by atoms with Crippen LogP contribution in [0.1, 0.15) is 29.5 Å². The number of hydrogen-bond donors (Lipinski definition) is 1. The Morgan fingerprint density at radius 2 is 2.46 bits per heavy atom. The molecule has 4 heteroatoms. The van der Waals surface area contributed by atoms with Crippen LogP contribution in [-0.2, 0) is 4.74 Å². The van der Waals surface area contributed by atoms with E-state index >= 15 is 0 Å². The molecular formula is C9H16N2OS. The fraction of sp³-hybridized carbons (Fsp3) is 0.667. The lowest BCUT2D eigenvalue weighted by molar-refractivity contribution is 0.190. The molecule has 1 rings (SSSR count). The van der Waals surface area contributed by atoms with Crippen molar-refractivity contribution in [1.29, 1.82) is 0 Å². The van der Waals surface area contributed by atoms with E-state index in [-0.39, 0.29) is 6.04 Å². The summed E-state index contributed by atoms with van der Waals surface area (Å²) < 4.78 is 4.97. The average Bonchev–Trinajstić information content (AvgIpc) is 2.52. The second-order valence-corrected chi connectivity index (χ2v) is 3.93. The summed E-state index contributed by atoms with van der Waals surface area (Å²) in [5.74, 6) is 0. The van der Waals surface area contributed by atoms with E-state index in [4.69, 9.17) is 10.5 Å². The van der Waals surface area contributed by atoms with Crippen LogP contribution in [-0.4, -0.2) is 18.7 Å². The summed E-state index contributed by atoms with van der Waals surface area (Å²) >= 11 is 1.64. The van der Waals surface area contributed by atoms with Crippen molar-refractivity contribution in [2.45, 2.75) is 25.8 Å². The summed E-state index contributed by atoms with van der Waals surface area (Å²) in [7, 11) is 1.71. The van der Waals surface area contributed by atoms with Crippen LogP contribution < -0.4 is 5.73 Å². The van der Waals surface area contributed by atoms with Crippen LogP contribution in [0.5, 0.6) is 0 Å². The van der Waals surface area contributed by atoms with Crippen molar-refractivity contribution in [3.8, 4) is 0 Å². The van der Waals surface area contributed by atoms with Crippen molar-refractivity contribution in [2.24, 2.45) is 5.73 Å². The van der Waals surface area contributed by atoms with Crippen LogP contribution >= 0.6 is 11.3 Å². The van der Waals surface area contributed by atoms with Crippen LogP contribution in [0.3, 0.4) is 0 Å². The predicted molar refractivity (Wildman–Crippen MR) is 54.9 cm³/mol. The molecule has 1 aromatic rings. The Kier molecular flexibility index (Phi) is 4.35. The van der Waals surface area contributed by atoms with E-state index in [1.54, 1.807) is 18.4 Å². The van der Waals surface area contributed by atoms with Gasteiger partial charge in [0.15, 0.2) is 0 Å². The molecule has 0 amide bonds. The molecule has 1 heterocycles. The van der Waals surface area contributed by atoms with E-state index < -0.39 is 0 Å². The third kappa shape index (κ3) is 3.06. The molecule has 0 aliphatic carbocycles. The Morgan fingerprint density at radius 3 is 3.00 bits per heavy atom. The Balaban J connectivity index is 2.39. The molecule has 1 unspecified atom stereocenters. The van der Waals surface area contributed by atoms with E-state index in [9.17, 15) is 0 Å². The normalized spacial score (nSPS) is 13.2. The summed E-state index contributed by atoms with van der Waals surface area (Å²) in [6.07, 6.45) is 1.98. The van der Waals surface area contributed by atoms with E-state index in [0.29, 0.717) is 0 Å². The minimum Gasteiger partial charge on any atom is -0.385 e. The molecule has 0 aliphatic rings. The number of nitrogens with zero attached hydrogens (tertiary/aromatic N) is 1. The number of rotatable bonds is 5. The lowest BCUT2D eigenvalue weighted by Gasteiger charge is -2.09. The van der Waals surface area contributed by atoms with Gasteiger partial charge in [0.25, 0.3) is 0 Å². The maximum atomic E-state index is 6.00. The van der Waals surface area contributed by atoms with Gasteiger partial charge in [0, 0.05) is 24.6 Å². The summed E-state index contributed by atoms with van der Waals surface area (Å²) in [4.78, 5) is 5.38. The van der Waals surface area contributed by atoms with Gasteiger partial charge in [-0.1, -0.05) is 0 Å². The zero-order valence-electron chi connectivity index (χ0n) is 8.12. The van der Waals surface area contributed by atoms with Crippen molar-refractivity contribution < 1.29 is 4.74 Å². The minimum absolute atomic E-state index is 0.127. The first-order chi connectivity index (χ1) is 6.25. The Bertz CT molecular complexity index is 250. The summed E-state index contributed by atoms with van der Waals surface area (Å²) in [6.45, 7) is 2.79. The molecule has 0 aliphatic heterocycles. The van der Waals surface area contributed by atoms with Crippen LogP contribution in [0.2, 0.25) is 0 Å². The highest BCUT2D eigenvalue weighted by molar-refractivity contribution is 7.09. The third-order valence-electron chi connectivity index (χ3n) is 1.98. The third-order valence-corrected chi connectivity index (χ3v) is 3.05. The summed E-state index contributed by atoms with van der Waals surface area (Å²) in [5, 5.41) is 0. The molecule has 1 atom stereocenters. The largest absolute Gasteiger partial charge is 0.385 e. The van der Waals surface area contributed by atoms with E-state index in [1.165, 1.54) is 4.88 Å². The highest BCUT2D eigenvalue weighted by Gasteiger charge is 2.10. The van der Waals surface area contributed by atoms with Crippen molar-refractivity contribution in [3.05, 3.63) is 16.1 Å².